The van der Waals surface area contributed by atoms with Gasteiger partial charge < -0.3 is 15.0 Å². The molecule has 1 aromatic carbocycles. The van der Waals surface area contributed by atoms with Crippen molar-refractivity contribution in [1.82, 2.24) is 15.1 Å². The van der Waals surface area contributed by atoms with E-state index in [1.807, 2.05) is 19.2 Å². The first-order valence-electron chi connectivity index (χ1n) is 7.81. The molecule has 0 saturated carbocycles. The Hall–Kier alpha value is -0.930. The van der Waals surface area contributed by atoms with E-state index in [2.05, 4.69) is 20.1 Å². The smallest absolute Gasteiger partial charge is 0.193 e. The lowest BCUT2D eigenvalue weighted by Gasteiger charge is -2.35. The monoisotopic (exact) mass is 434 g/mol. The highest BCUT2D eigenvalue weighted by Gasteiger charge is 2.24. The maximum absolute atomic E-state index is 13.2. The molecule has 1 atom stereocenters. The van der Waals surface area contributed by atoms with Gasteiger partial charge in [-0.3, -0.25) is 9.89 Å². The molecule has 0 aromatic heterocycles. The van der Waals surface area contributed by atoms with E-state index in [9.17, 15) is 4.39 Å². The number of hydrogen-bond acceptors (Lipinski definition) is 5. The summed E-state index contributed by atoms with van der Waals surface area (Å²) in [6.45, 7) is 5.85. The zero-order chi connectivity index (χ0) is 15.4. The molecule has 128 valence electrons. The molecule has 2 heterocycles. The minimum Gasteiger partial charge on any atom is -0.379 e. The van der Waals surface area contributed by atoms with E-state index in [1.54, 1.807) is 0 Å². The van der Waals surface area contributed by atoms with Crippen molar-refractivity contribution in [1.29, 1.82) is 0 Å². The zero-order valence-electron chi connectivity index (χ0n) is 13.4. The predicted molar refractivity (Wildman–Crippen MR) is 99.9 cm³/mol. The SMILES string of the molecule is CN1CCN=C1NCC(c1ccc(F)cc1)N1CCOCC1.I. The fraction of sp³-hybridized carbons (Fsp3) is 0.562. The van der Waals surface area contributed by atoms with Crippen molar-refractivity contribution in [2.75, 3.05) is 53.0 Å². The Morgan fingerprint density at radius 2 is 1.91 bits per heavy atom. The van der Waals surface area contributed by atoms with E-state index < -0.39 is 0 Å². The molecule has 1 N–H and O–H groups in total. The summed E-state index contributed by atoms with van der Waals surface area (Å²) in [7, 11) is 2.04. The number of nitrogens with zero attached hydrogens (tertiary/aromatic N) is 3. The van der Waals surface area contributed by atoms with Crippen LogP contribution >= 0.6 is 24.0 Å². The molecular formula is C16H24FIN4O. The molecule has 5 nitrogen and oxygen atoms in total. The number of likely N-dealkylation sites (N-methyl/N-ethyl adjacent to an activating group) is 1. The van der Waals surface area contributed by atoms with Crippen molar-refractivity contribution in [3.05, 3.63) is 35.6 Å². The molecule has 0 spiro atoms. The first kappa shape index (κ1) is 18.4. The van der Waals surface area contributed by atoms with Crippen molar-refractivity contribution < 1.29 is 9.13 Å². The lowest BCUT2D eigenvalue weighted by molar-refractivity contribution is 0.0169. The van der Waals surface area contributed by atoms with Crippen LogP contribution in [-0.2, 0) is 4.74 Å². The van der Waals surface area contributed by atoms with Gasteiger partial charge in [-0.2, -0.15) is 0 Å². The standard InChI is InChI=1S/C16H23FN4O.HI/c1-20-7-6-18-16(20)19-12-15(21-8-10-22-11-9-21)13-2-4-14(17)5-3-13;/h2-5,15H,6-12H2,1H3,(H,18,19);1H. The van der Waals surface area contributed by atoms with Gasteiger partial charge in [0.1, 0.15) is 5.82 Å². The van der Waals surface area contributed by atoms with Gasteiger partial charge in [0.2, 0.25) is 0 Å². The van der Waals surface area contributed by atoms with Crippen LogP contribution in [0.15, 0.2) is 29.3 Å². The minimum absolute atomic E-state index is 0. The number of guanidine groups is 1. The van der Waals surface area contributed by atoms with Gasteiger partial charge >= 0.3 is 0 Å². The third-order valence-electron chi connectivity index (χ3n) is 4.25. The number of morpholine rings is 1. The molecule has 0 aliphatic carbocycles. The molecule has 23 heavy (non-hydrogen) atoms. The second-order valence-electron chi connectivity index (χ2n) is 5.72. The third kappa shape index (κ3) is 4.77. The maximum atomic E-state index is 13.2. The number of benzene rings is 1. The Kier molecular flexibility index (Phi) is 7.04. The van der Waals surface area contributed by atoms with Gasteiger partial charge in [0.25, 0.3) is 0 Å². The number of aliphatic imine (C=N–C) groups is 1. The lowest BCUT2D eigenvalue weighted by Crippen LogP contribution is -2.45. The highest BCUT2D eigenvalue weighted by Crippen LogP contribution is 2.21. The Bertz CT molecular complexity index is 519. The molecule has 3 rings (SSSR count). The van der Waals surface area contributed by atoms with Crippen LogP contribution in [0.2, 0.25) is 0 Å². The summed E-state index contributed by atoms with van der Waals surface area (Å²) in [4.78, 5) is 8.98. The fourth-order valence-electron chi connectivity index (χ4n) is 2.94. The largest absolute Gasteiger partial charge is 0.379 e. The Morgan fingerprint density at radius 1 is 1.22 bits per heavy atom. The zero-order valence-corrected chi connectivity index (χ0v) is 15.7. The molecule has 0 amide bonds. The third-order valence-corrected chi connectivity index (χ3v) is 4.25. The normalized spacial score (nSPS) is 19.9. The first-order chi connectivity index (χ1) is 10.7. The predicted octanol–water partition coefficient (Wildman–Crippen LogP) is 1.71. The van der Waals surface area contributed by atoms with Crippen molar-refractivity contribution in [2.45, 2.75) is 6.04 Å². The molecule has 1 saturated heterocycles. The second kappa shape index (κ2) is 8.79. The molecule has 2 aliphatic heterocycles. The Balaban J connectivity index is 0.00000192. The summed E-state index contributed by atoms with van der Waals surface area (Å²) >= 11 is 0. The van der Waals surface area contributed by atoms with E-state index in [4.69, 9.17) is 4.74 Å². The summed E-state index contributed by atoms with van der Waals surface area (Å²) in [6.07, 6.45) is 0. The van der Waals surface area contributed by atoms with Gasteiger partial charge in [-0.15, -0.1) is 24.0 Å². The molecule has 1 aromatic rings. The topological polar surface area (TPSA) is 40.1 Å². The first-order valence-corrected chi connectivity index (χ1v) is 7.81. The number of ether oxygens (including phenoxy) is 1. The van der Waals surface area contributed by atoms with Gasteiger partial charge in [-0.25, -0.2) is 4.39 Å². The van der Waals surface area contributed by atoms with Crippen LogP contribution in [0.5, 0.6) is 0 Å². The Morgan fingerprint density at radius 3 is 2.52 bits per heavy atom. The average molecular weight is 434 g/mol. The van der Waals surface area contributed by atoms with Crippen molar-refractivity contribution in [3.8, 4) is 0 Å². The summed E-state index contributed by atoms with van der Waals surface area (Å²) in [5.41, 5.74) is 1.12. The van der Waals surface area contributed by atoms with Crippen LogP contribution in [0, 0.1) is 5.82 Å². The second-order valence-corrected chi connectivity index (χ2v) is 5.72. The van der Waals surface area contributed by atoms with E-state index in [0.29, 0.717) is 0 Å². The molecular weight excluding hydrogens is 410 g/mol. The quantitative estimate of drug-likeness (QED) is 0.733. The lowest BCUT2D eigenvalue weighted by atomic mass is 10.0. The van der Waals surface area contributed by atoms with Crippen LogP contribution in [0.25, 0.3) is 0 Å². The van der Waals surface area contributed by atoms with Gasteiger partial charge in [-0.05, 0) is 17.7 Å². The van der Waals surface area contributed by atoms with Crippen LogP contribution in [0.4, 0.5) is 4.39 Å². The van der Waals surface area contributed by atoms with Crippen molar-refractivity contribution in [3.63, 3.8) is 0 Å². The van der Waals surface area contributed by atoms with Crippen molar-refractivity contribution >= 4 is 29.9 Å². The van der Waals surface area contributed by atoms with Crippen LogP contribution in [0.3, 0.4) is 0 Å². The molecule has 1 unspecified atom stereocenters. The highest BCUT2D eigenvalue weighted by atomic mass is 127. The van der Waals surface area contributed by atoms with Crippen LogP contribution in [-0.4, -0.2) is 68.7 Å². The van der Waals surface area contributed by atoms with E-state index in [-0.39, 0.29) is 35.8 Å². The number of halogens is 2. The van der Waals surface area contributed by atoms with Crippen LogP contribution < -0.4 is 5.32 Å². The highest BCUT2D eigenvalue weighted by molar-refractivity contribution is 14.0. The summed E-state index contributed by atoms with van der Waals surface area (Å²) in [5.74, 6) is 0.748. The Labute approximate surface area is 153 Å². The molecule has 2 aliphatic rings. The summed E-state index contributed by atoms with van der Waals surface area (Å²) < 4.78 is 18.6. The van der Waals surface area contributed by atoms with E-state index in [1.165, 1.54) is 12.1 Å². The van der Waals surface area contributed by atoms with Crippen LogP contribution in [0.1, 0.15) is 11.6 Å². The summed E-state index contributed by atoms with van der Waals surface area (Å²) in [5, 5.41) is 3.44. The fourth-order valence-corrected chi connectivity index (χ4v) is 2.94. The van der Waals surface area contributed by atoms with E-state index >= 15 is 0 Å². The van der Waals surface area contributed by atoms with Gasteiger partial charge in [0.15, 0.2) is 5.96 Å². The molecule has 0 radical (unpaired) electrons. The molecule has 1 fully saturated rings. The average Bonchev–Trinajstić information content (AvgIpc) is 2.96. The minimum atomic E-state index is -0.197. The number of hydrogen-bond donors (Lipinski definition) is 1. The number of nitrogens with one attached hydrogen (secondary N) is 1. The molecule has 0 bridgehead atoms. The summed E-state index contributed by atoms with van der Waals surface area (Å²) in [6, 6.07) is 7.00. The maximum Gasteiger partial charge on any atom is 0.193 e. The van der Waals surface area contributed by atoms with Gasteiger partial charge in [0, 0.05) is 33.2 Å². The van der Waals surface area contributed by atoms with E-state index in [0.717, 1.165) is 57.5 Å². The van der Waals surface area contributed by atoms with Gasteiger partial charge in [0.05, 0.1) is 25.8 Å². The molecule has 7 heteroatoms. The van der Waals surface area contributed by atoms with Gasteiger partial charge in [-0.1, -0.05) is 12.1 Å². The van der Waals surface area contributed by atoms with Crippen molar-refractivity contribution in [2.24, 2.45) is 4.99 Å². The number of rotatable bonds is 4.